The Hall–Kier alpha value is -2.51. The van der Waals surface area contributed by atoms with Crippen molar-refractivity contribution in [1.29, 1.82) is 5.26 Å². The van der Waals surface area contributed by atoms with Gasteiger partial charge >= 0.3 is 0 Å². The molecule has 0 aliphatic rings. The average Bonchev–Trinajstić information content (AvgIpc) is 2.47. The number of anilines is 1. The molecule has 5 heteroatoms. The Labute approximate surface area is 121 Å². The summed E-state index contributed by atoms with van der Waals surface area (Å²) >= 11 is 5.96. The molecule has 2 aromatic rings. The minimum atomic E-state index is -0.277. The summed E-state index contributed by atoms with van der Waals surface area (Å²) in [5, 5.41) is 11.5. The van der Waals surface area contributed by atoms with Crippen molar-refractivity contribution in [3.63, 3.8) is 0 Å². The first-order chi connectivity index (χ1) is 9.70. The smallest absolute Gasteiger partial charge is 0.257 e. The number of nitrogens with zero attached hydrogens (tertiary/aromatic N) is 1. The van der Waals surface area contributed by atoms with Gasteiger partial charge in [0.2, 0.25) is 0 Å². The predicted molar refractivity (Wildman–Crippen MR) is 77.0 cm³/mol. The molecular weight excluding hydrogens is 276 g/mol. The molecule has 0 aliphatic carbocycles. The zero-order valence-corrected chi connectivity index (χ0v) is 11.2. The third-order valence-corrected chi connectivity index (χ3v) is 2.86. The Morgan fingerprint density at radius 2 is 1.90 bits per heavy atom. The first-order valence-corrected chi connectivity index (χ1v) is 6.24. The fourth-order valence-electron chi connectivity index (χ4n) is 1.59. The molecule has 0 radical (unpaired) electrons. The third kappa shape index (κ3) is 3.50. The fraction of sp³-hybridized carbons (Fsp3) is 0.0667. The minimum Gasteiger partial charge on any atom is -0.479 e. The van der Waals surface area contributed by atoms with Crippen LogP contribution in [0.1, 0.15) is 10.4 Å². The van der Waals surface area contributed by atoms with Crippen molar-refractivity contribution >= 4 is 23.2 Å². The molecule has 0 aliphatic heterocycles. The maximum Gasteiger partial charge on any atom is 0.257 e. The van der Waals surface area contributed by atoms with Crippen LogP contribution in [0.25, 0.3) is 0 Å². The van der Waals surface area contributed by atoms with E-state index in [1.807, 2.05) is 6.07 Å². The normalized spacial score (nSPS) is 9.60. The number of rotatable bonds is 4. The number of nitriles is 1. The molecule has 4 nitrogen and oxygen atoms in total. The molecule has 1 amide bonds. The van der Waals surface area contributed by atoms with E-state index in [1.165, 1.54) is 0 Å². The predicted octanol–water partition coefficient (Wildman–Crippen LogP) is 3.49. The Balaban J connectivity index is 2.05. The van der Waals surface area contributed by atoms with Gasteiger partial charge in [-0.3, -0.25) is 4.79 Å². The number of ether oxygens (including phenoxy) is 1. The summed E-state index contributed by atoms with van der Waals surface area (Å²) < 4.78 is 5.12. The number of halogens is 1. The standard InChI is InChI=1S/C15H11ClN2O2/c16-14-4-2-1-3-13(14)15(19)18-11-5-7-12(8-6-11)20-10-9-17/h1-8H,10H2,(H,18,19). The molecule has 0 atom stereocenters. The van der Waals surface area contributed by atoms with E-state index in [4.69, 9.17) is 21.6 Å². The highest BCUT2D eigenvalue weighted by molar-refractivity contribution is 6.34. The molecule has 0 saturated heterocycles. The molecule has 0 spiro atoms. The molecule has 0 heterocycles. The second-order valence-electron chi connectivity index (χ2n) is 3.91. The van der Waals surface area contributed by atoms with Crippen LogP contribution in [0.4, 0.5) is 5.69 Å². The third-order valence-electron chi connectivity index (χ3n) is 2.53. The summed E-state index contributed by atoms with van der Waals surface area (Å²) in [7, 11) is 0. The second-order valence-corrected chi connectivity index (χ2v) is 4.31. The molecule has 0 saturated carbocycles. The van der Waals surface area contributed by atoms with E-state index in [0.717, 1.165) is 0 Å². The van der Waals surface area contributed by atoms with Crippen molar-refractivity contribution in [3.8, 4) is 11.8 Å². The van der Waals surface area contributed by atoms with E-state index in [-0.39, 0.29) is 12.5 Å². The van der Waals surface area contributed by atoms with Crippen molar-refractivity contribution < 1.29 is 9.53 Å². The van der Waals surface area contributed by atoms with E-state index >= 15 is 0 Å². The number of carbonyl (C=O) groups is 1. The number of amides is 1. The van der Waals surface area contributed by atoms with Crippen molar-refractivity contribution in [2.24, 2.45) is 0 Å². The molecule has 2 rings (SSSR count). The maximum absolute atomic E-state index is 12.0. The van der Waals surface area contributed by atoms with Crippen LogP contribution in [-0.4, -0.2) is 12.5 Å². The van der Waals surface area contributed by atoms with Gasteiger partial charge in [0.25, 0.3) is 5.91 Å². The minimum absolute atomic E-state index is 0.00860. The van der Waals surface area contributed by atoms with Crippen molar-refractivity contribution in [2.75, 3.05) is 11.9 Å². The van der Waals surface area contributed by atoms with Crippen LogP contribution in [0.15, 0.2) is 48.5 Å². The van der Waals surface area contributed by atoms with E-state index in [9.17, 15) is 4.79 Å². The van der Waals surface area contributed by atoms with Gasteiger partial charge in [-0.1, -0.05) is 23.7 Å². The summed E-state index contributed by atoms with van der Waals surface area (Å²) in [6, 6.07) is 15.5. The summed E-state index contributed by atoms with van der Waals surface area (Å²) in [6.45, 7) is -0.00860. The zero-order chi connectivity index (χ0) is 14.4. The molecule has 100 valence electrons. The van der Waals surface area contributed by atoms with Crippen LogP contribution in [0.5, 0.6) is 5.75 Å². The molecule has 2 aromatic carbocycles. The molecular formula is C15H11ClN2O2. The van der Waals surface area contributed by atoms with E-state index < -0.39 is 0 Å². The monoisotopic (exact) mass is 286 g/mol. The molecule has 20 heavy (non-hydrogen) atoms. The molecule has 0 unspecified atom stereocenters. The lowest BCUT2D eigenvalue weighted by Crippen LogP contribution is -2.12. The Morgan fingerprint density at radius 3 is 2.55 bits per heavy atom. The molecule has 0 bridgehead atoms. The van der Waals surface area contributed by atoms with Crippen molar-refractivity contribution in [3.05, 3.63) is 59.1 Å². The van der Waals surface area contributed by atoms with Gasteiger partial charge in [-0.2, -0.15) is 5.26 Å². The number of hydrogen-bond acceptors (Lipinski definition) is 3. The van der Waals surface area contributed by atoms with Crippen LogP contribution in [0.2, 0.25) is 5.02 Å². The largest absolute Gasteiger partial charge is 0.479 e. The van der Waals surface area contributed by atoms with Crippen LogP contribution in [-0.2, 0) is 0 Å². The molecule has 0 aromatic heterocycles. The highest BCUT2D eigenvalue weighted by Crippen LogP contribution is 2.19. The van der Waals surface area contributed by atoms with E-state index in [1.54, 1.807) is 48.5 Å². The van der Waals surface area contributed by atoms with E-state index in [0.29, 0.717) is 22.0 Å². The molecule has 0 fully saturated rings. The Bertz CT molecular complexity index is 648. The lowest BCUT2D eigenvalue weighted by Gasteiger charge is -2.07. The van der Waals surface area contributed by atoms with Gasteiger partial charge in [-0.15, -0.1) is 0 Å². The summed E-state index contributed by atoms with van der Waals surface area (Å²) in [6.07, 6.45) is 0. The van der Waals surface area contributed by atoms with Gasteiger partial charge in [0.15, 0.2) is 6.61 Å². The highest BCUT2D eigenvalue weighted by Gasteiger charge is 2.09. The fourth-order valence-corrected chi connectivity index (χ4v) is 1.82. The molecule has 1 N–H and O–H groups in total. The quantitative estimate of drug-likeness (QED) is 0.936. The number of benzene rings is 2. The average molecular weight is 287 g/mol. The Morgan fingerprint density at radius 1 is 1.20 bits per heavy atom. The van der Waals surface area contributed by atoms with Gasteiger partial charge in [0.1, 0.15) is 11.8 Å². The van der Waals surface area contributed by atoms with Gasteiger partial charge in [-0.25, -0.2) is 0 Å². The first-order valence-electron chi connectivity index (χ1n) is 5.86. The highest BCUT2D eigenvalue weighted by atomic mass is 35.5. The summed E-state index contributed by atoms with van der Waals surface area (Å²) in [5.41, 5.74) is 1.04. The number of hydrogen-bond donors (Lipinski definition) is 1. The summed E-state index contributed by atoms with van der Waals surface area (Å²) in [5.74, 6) is 0.295. The van der Waals surface area contributed by atoms with Crippen LogP contribution >= 0.6 is 11.6 Å². The van der Waals surface area contributed by atoms with E-state index in [2.05, 4.69) is 5.32 Å². The lowest BCUT2D eigenvalue weighted by molar-refractivity contribution is 0.102. The first kappa shape index (κ1) is 13.9. The number of carbonyl (C=O) groups excluding carboxylic acids is 1. The van der Waals surface area contributed by atoms with Gasteiger partial charge in [-0.05, 0) is 36.4 Å². The Kier molecular flexibility index (Phi) is 4.59. The maximum atomic E-state index is 12.0. The van der Waals surface area contributed by atoms with Crippen LogP contribution < -0.4 is 10.1 Å². The van der Waals surface area contributed by atoms with Crippen LogP contribution in [0.3, 0.4) is 0 Å². The van der Waals surface area contributed by atoms with Crippen molar-refractivity contribution in [2.45, 2.75) is 0 Å². The SMILES string of the molecule is N#CCOc1ccc(NC(=O)c2ccccc2Cl)cc1. The van der Waals surface area contributed by atoms with Gasteiger partial charge in [0, 0.05) is 5.69 Å². The van der Waals surface area contributed by atoms with Crippen molar-refractivity contribution in [1.82, 2.24) is 0 Å². The number of nitrogens with one attached hydrogen (secondary N) is 1. The lowest BCUT2D eigenvalue weighted by atomic mass is 10.2. The second kappa shape index (κ2) is 6.60. The van der Waals surface area contributed by atoms with Gasteiger partial charge in [0.05, 0.1) is 10.6 Å². The van der Waals surface area contributed by atoms with Crippen LogP contribution in [0, 0.1) is 11.3 Å². The topological polar surface area (TPSA) is 62.1 Å². The van der Waals surface area contributed by atoms with Gasteiger partial charge < -0.3 is 10.1 Å². The summed E-state index contributed by atoms with van der Waals surface area (Å²) in [4.78, 5) is 12.0. The zero-order valence-electron chi connectivity index (χ0n) is 10.5.